The SMILES string of the molecule is Cc1ncnc(C)c1C(=O)N1CCC(C)(N2CCC(N(Cc3ccccc3)c3ccc(CC[NH-])cc3)CC2)CC1.[Ac]. The van der Waals surface area contributed by atoms with Gasteiger partial charge in [-0.1, -0.05) is 42.5 Å². The number of nitrogens with one attached hydrogen (secondary N) is 1. The van der Waals surface area contributed by atoms with Gasteiger partial charge in [-0.2, -0.15) is 0 Å². The van der Waals surface area contributed by atoms with E-state index in [9.17, 15) is 4.79 Å². The van der Waals surface area contributed by atoms with Crippen molar-refractivity contribution in [1.29, 1.82) is 0 Å². The number of carbonyl (C=O) groups is 1. The van der Waals surface area contributed by atoms with Gasteiger partial charge >= 0.3 is 0 Å². The second-order valence-corrected chi connectivity index (χ2v) is 11.7. The van der Waals surface area contributed by atoms with Gasteiger partial charge in [0.1, 0.15) is 6.33 Å². The van der Waals surface area contributed by atoms with Gasteiger partial charge in [0.15, 0.2) is 0 Å². The first-order valence-electron chi connectivity index (χ1n) is 14.7. The third kappa shape index (κ3) is 7.57. The van der Waals surface area contributed by atoms with E-state index in [1.54, 1.807) is 0 Å². The molecule has 0 saturated carbocycles. The van der Waals surface area contributed by atoms with Gasteiger partial charge in [0.2, 0.25) is 0 Å². The maximum Gasteiger partial charge on any atom is 0.257 e. The van der Waals surface area contributed by atoms with Gasteiger partial charge in [-0.25, -0.2) is 9.97 Å². The molecule has 1 aromatic heterocycles. The van der Waals surface area contributed by atoms with Crippen molar-refractivity contribution < 1.29 is 48.9 Å². The van der Waals surface area contributed by atoms with Crippen molar-refractivity contribution in [2.45, 2.75) is 71.0 Å². The summed E-state index contributed by atoms with van der Waals surface area (Å²) in [5.41, 5.74) is 13.7. The number of carbonyl (C=O) groups excluding carboxylic acids is 1. The number of rotatable bonds is 8. The van der Waals surface area contributed by atoms with Crippen LogP contribution in [0, 0.1) is 57.9 Å². The van der Waals surface area contributed by atoms with Crippen LogP contribution in [0.15, 0.2) is 60.9 Å². The molecule has 0 bridgehead atoms. The third-order valence-electron chi connectivity index (χ3n) is 9.11. The molecule has 0 unspecified atom stereocenters. The Morgan fingerprint density at radius 1 is 0.927 bits per heavy atom. The van der Waals surface area contributed by atoms with E-state index < -0.39 is 0 Å². The Bertz CT molecular complexity index is 1250. The minimum Gasteiger partial charge on any atom is -0.677 e. The van der Waals surface area contributed by atoms with E-state index >= 15 is 0 Å². The second-order valence-electron chi connectivity index (χ2n) is 11.7. The first-order chi connectivity index (χ1) is 19.4. The molecule has 2 fully saturated rings. The fourth-order valence-electron chi connectivity index (χ4n) is 6.50. The fourth-order valence-corrected chi connectivity index (χ4v) is 6.50. The van der Waals surface area contributed by atoms with Crippen molar-refractivity contribution in [2.75, 3.05) is 37.6 Å². The first kappa shape index (κ1) is 32.1. The molecule has 215 valence electrons. The van der Waals surface area contributed by atoms with Gasteiger partial charge in [-0.15, -0.1) is 6.54 Å². The number of amides is 1. The molecule has 5 rings (SSSR count). The number of aromatic nitrogens is 2. The standard InChI is InChI=1S/C33H43N6O.Ac/c1-25-31(26(2)36-24-35-25)32(40)37-21-16-33(3,17-22-37)38-19-14-30(15-20-38)39(23-28-7-5-4-6-8-28)29-11-9-27(10-12-29)13-18-34;/h4-12,24,30,34H,13-23H2,1-3H3;/q-1;. The van der Waals surface area contributed by atoms with Crippen LogP contribution in [0.2, 0.25) is 0 Å². The number of hydrogen-bond donors (Lipinski definition) is 0. The van der Waals surface area contributed by atoms with Crippen LogP contribution in [0.3, 0.4) is 0 Å². The number of anilines is 1. The zero-order valence-electron chi connectivity index (χ0n) is 24.9. The summed E-state index contributed by atoms with van der Waals surface area (Å²) in [4.78, 5) is 29.1. The Morgan fingerprint density at radius 3 is 2.12 bits per heavy atom. The summed E-state index contributed by atoms with van der Waals surface area (Å²) in [7, 11) is 0. The van der Waals surface area contributed by atoms with Crippen LogP contribution in [0.25, 0.3) is 5.73 Å². The Morgan fingerprint density at radius 2 is 1.54 bits per heavy atom. The van der Waals surface area contributed by atoms with E-state index in [0.29, 0.717) is 18.2 Å². The summed E-state index contributed by atoms with van der Waals surface area (Å²) in [6.45, 7) is 11.2. The van der Waals surface area contributed by atoms with Crippen LogP contribution in [0.4, 0.5) is 5.69 Å². The summed E-state index contributed by atoms with van der Waals surface area (Å²) < 4.78 is 0. The van der Waals surface area contributed by atoms with E-state index in [4.69, 9.17) is 5.73 Å². The number of piperidine rings is 2. The minimum atomic E-state index is 0. The summed E-state index contributed by atoms with van der Waals surface area (Å²) >= 11 is 0. The molecule has 2 saturated heterocycles. The van der Waals surface area contributed by atoms with Crippen LogP contribution in [0.1, 0.15) is 65.5 Å². The van der Waals surface area contributed by atoms with Crippen molar-refractivity contribution in [1.82, 2.24) is 19.8 Å². The largest absolute Gasteiger partial charge is 0.677 e. The average molecular weight is 767 g/mol. The van der Waals surface area contributed by atoms with Crippen LogP contribution in [-0.2, 0) is 13.0 Å². The molecule has 2 aromatic carbocycles. The Kier molecular flexibility index (Phi) is 11.4. The Hall–Kier alpha value is -1.85. The van der Waals surface area contributed by atoms with E-state index in [0.717, 1.165) is 76.2 Å². The summed E-state index contributed by atoms with van der Waals surface area (Å²) in [5.74, 6) is 0.0710. The monoisotopic (exact) mass is 766 g/mol. The van der Waals surface area contributed by atoms with E-state index in [1.165, 1.54) is 23.1 Å². The molecule has 1 radical (unpaired) electrons. The molecule has 2 aliphatic heterocycles. The van der Waals surface area contributed by atoms with E-state index in [-0.39, 0.29) is 55.5 Å². The van der Waals surface area contributed by atoms with Crippen LogP contribution in [-0.4, -0.2) is 70.0 Å². The molecule has 1 amide bonds. The molecule has 8 heteroatoms. The predicted octanol–water partition coefficient (Wildman–Crippen LogP) is 5.85. The van der Waals surface area contributed by atoms with Crippen molar-refractivity contribution >= 4 is 11.6 Å². The van der Waals surface area contributed by atoms with Crippen LogP contribution >= 0.6 is 0 Å². The van der Waals surface area contributed by atoms with Crippen LogP contribution < -0.4 is 4.90 Å². The zero-order chi connectivity index (χ0) is 28.1. The van der Waals surface area contributed by atoms with E-state index in [1.807, 2.05) is 18.7 Å². The van der Waals surface area contributed by atoms with Gasteiger partial charge in [-0.05, 0) is 76.1 Å². The molecule has 7 nitrogen and oxygen atoms in total. The molecule has 1 N–H and O–H groups in total. The zero-order valence-corrected chi connectivity index (χ0v) is 29.6. The maximum absolute atomic E-state index is 13.3. The molecule has 0 atom stereocenters. The molecule has 3 aromatic rings. The Labute approximate surface area is 281 Å². The number of likely N-dealkylation sites (tertiary alicyclic amines) is 2. The van der Waals surface area contributed by atoms with Crippen molar-refractivity contribution in [2.24, 2.45) is 0 Å². The van der Waals surface area contributed by atoms with Crippen molar-refractivity contribution in [3.05, 3.63) is 94.7 Å². The van der Waals surface area contributed by atoms with Crippen LogP contribution in [0.5, 0.6) is 0 Å². The van der Waals surface area contributed by atoms with Gasteiger partial charge < -0.3 is 15.5 Å². The van der Waals surface area contributed by atoms with Gasteiger partial charge in [-0.3, -0.25) is 9.69 Å². The fraction of sp³-hybridized carbons (Fsp3) is 0.485. The number of hydrogen-bond acceptors (Lipinski definition) is 5. The van der Waals surface area contributed by atoms with Gasteiger partial charge in [0.25, 0.3) is 5.91 Å². The molecule has 3 heterocycles. The van der Waals surface area contributed by atoms with E-state index in [2.05, 4.69) is 81.3 Å². The van der Waals surface area contributed by atoms with Gasteiger partial charge in [0.05, 0.1) is 17.0 Å². The smallest absolute Gasteiger partial charge is 0.257 e. The summed E-state index contributed by atoms with van der Waals surface area (Å²) in [6.07, 6.45) is 6.56. The van der Waals surface area contributed by atoms with Crippen molar-refractivity contribution in [3.8, 4) is 0 Å². The maximum atomic E-state index is 13.3. The first-order valence-corrected chi connectivity index (χ1v) is 14.7. The Balaban J connectivity index is 0.00000387. The molecular weight excluding hydrogens is 723 g/mol. The quantitative estimate of drug-likeness (QED) is 0.288. The topological polar surface area (TPSA) is 76.4 Å². The summed E-state index contributed by atoms with van der Waals surface area (Å²) in [5, 5.41) is 0. The van der Waals surface area contributed by atoms with Gasteiger partial charge in [0, 0.05) is 94.1 Å². The number of aryl methyl sites for hydroxylation is 2. The summed E-state index contributed by atoms with van der Waals surface area (Å²) in [6, 6.07) is 20.1. The second kappa shape index (κ2) is 14.6. The third-order valence-corrected chi connectivity index (χ3v) is 9.11. The molecule has 41 heavy (non-hydrogen) atoms. The predicted molar refractivity (Wildman–Crippen MR) is 162 cm³/mol. The number of benzene rings is 2. The molecule has 2 aliphatic rings. The van der Waals surface area contributed by atoms with Crippen molar-refractivity contribution in [3.63, 3.8) is 0 Å². The molecular formula is C33H43AcN6O-. The molecule has 0 spiro atoms. The minimum absolute atomic E-state index is 0. The average Bonchev–Trinajstić information content (AvgIpc) is 2.97. The molecule has 0 aliphatic carbocycles. The number of nitrogens with zero attached hydrogens (tertiary/aromatic N) is 5. The normalized spacial score (nSPS) is 17.6.